The van der Waals surface area contributed by atoms with Crippen molar-refractivity contribution in [2.24, 2.45) is 23.7 Å². The molecule has 0 amide bonds. The van der Waals surface area contributed by atoms with Crippen LogP contribution in [-0.4, -0.2) is 60.2 Å². The van der Waals surface area contributed by atoms with E-state index in [0.717, 1.165) is 45.6 Å². The van der Waals surface area contributed by atoms with Crippen LogP contribution in [0, 0.1) is 35.5 Å². The molecule has 0 aromatic heterocycles. The first kappa shape index (κ1) is 23.5. The smallest absolute Gasteiger partial charge is 0.0755 e. The number of morpholine rings is 1. The lowest BCUT2D eigenvalue weighted by molar-refractivity contribution is 0.0372. The number of aliphatic hydroxyl groups excluding tert-OH is 2. The lowest BCUT2D eigenvalue weighted by Crippen LogP contribution is -2.36. The van der Waals surface area contributed by atoms with E-state index in [9.17, 15) is 10.2 Å². The predicted octanol–water partition coefficient (Wildman–Crippen LogP) is 3.79. The highest BCUT2D eigenvalue weighted by Crippen LogP contribution is 2.50. The van der Waals surface area contributed by atoms with Gasteiger partial charge in [0.25, 0.3) is 0 Å². The normalized spacial score (nSPS) is 32.9. The van der Waals surface area contributed by atoms with Gasteiger partial charge in [-0.05, 0) is 69.7 Å². The SMILES string of the molecule is CC#CC[C@H](C)[C@@H](O)/C=C/[C@@H]1[C@H]2CC(=CCCCCN3CCOCC3)C[C@H]2C[C@H]1O. The lowest BCUT2D eigenvalue weighted by atomic mass is 9.89. The Morgan fingerprint density at radius 1 is 1.23 bits per heavy atom. The molecule has 0 aromatic rings. The van der Waals surface area contributed by atoms with Crippen molar-refractivity contribution in [1.29, 1.82) is 0 Å². The second-order valence-electron chi connectivity index (χ2n) is 9.51. The van der Waals surface area contributed by atoms with Crippen LogP contribution in [-0.2, 0) is 4.74 Å². The number of unbranched alkanes of at least 4 members (excludes halogenated alkanes) is 2. The molecule has 0 unspecified atom stereocenters. The van der Waals surface area contributed by atoms with Crippen LogP contribution in [0.2, 0.25) is 0 Å². The van der Waals surface area contributed by atoms with E-state index in [-0.39, 0.29) is 17.9 Å². The molecule has 3 fully saturated rings. The van der Waals surface area contributed by atoms with E-state index in [4.69, 9.17) is 4.74 Å². The molecule has 4 heteroatoms. The summed E-state index contributed by atoms with van der Waals surface area (Å²) in [5.74, 6) is 7.39. The molecular formula is C26H41NO3. The average molecular weight is 416 g/mol. The van der Waals surface area contributed by atoms with Gasteiger partial charge in [-0.3, -0.25) is 4.90 Å². The standard InChI is InChI=1S/C26H41NO3/c1-3-4-8-20(2)25(28)11-10-23-24-18-21(17-22(24)19-26(23)29)9-6-5-7-12-27-13-15-30-16-14-27/h9-11,20,22-26,28-29H,5-8,12-19H2,1-2H3/b11-10+,21-9?/t20-,22-,23+,24-,25-,26+/m0/s1. The van der Waals surface area contributed by atoms with Gasteiger partial charge >= 0.3 is 0 Å². The largest absolute Gasteiger partial charge is 0.392 e. The maximum absolute atomic E-state index is 10.6. The van der Waals surface area contributed by atoms with Crippen LogP contribution in [0.1, 0.15) is 58.8 Å². The zero-order chi connectivity index (χ0) is 21.3. The molecule has 30 heavy (non-hydrogen) atoms. The van der Waals surface area contributed by atoms with Crippen molar-refractivity contribution in [2.45, 2.75) is 71.0 Å². The van der Waals surface area contributed by atoms with Crippen LogP contribution < -0.4 is 0 Å². The highest BCUT2D eigenvalue weighted by atomic mass is 16.5. The van der Waals surface area contributed by atoms with E-state index < -0.39 is 6.10 Å². The maximum atomic E-state index is 10.6. The van der Waals surface area contributed by atoms with Crippen molar-refractivity contribution in [3.63, 3.8) is 0 Å². The van der Waals surface area contributed by atoms with E-state index >= 15 is 0 Å². The van der Waals surface area contributed by atoms with Gasteiger partial charge in [0.2, 0.25) is 0 Å². The van der Waals surface area contributed by atoms with Gasteiger partial charge in [-0.15, -0.1) is 11.8 Å². The third kappa shape index (κ3) is 6.69. The summed E-state index contributed by atoms with van der Waals surface area (Å²) in [6.07, 6.45) is 13.3. The van der Waals surface area contributed by atoms with E-state index in [0.29, 0.717) is 18.3 Å². The van der Waals surface area contributed by atoms with E-state index in [1.54, 1.807) is 5.57 Å². The summed E-state index contributed by atoms with van der Waals surface area (Å²) < 4.78 is 5.41. The Bertz CT molecular complexity index is 640. The molecule has 3 aliphatic rings. The Balaban J connectivity index is 1.42. The quantitative estimate of drug-likeness (QED) is 0.342. The first-order valence-corrected chi connectivity index (χ1v) is 12.0. The zero-order valence-corrected chi connectivity index (χ0v) is 18.9. The van der Waals surface area contributed by atoms with E-state index in [2.05, 4.69) is 28.9 Å². The minimum atomic E-state index is -0.486. The fourth-order valence-electron chi connectivity index (χ4n) is 5.37. The van der Waals surface area contributed by atoms with Gasteiger partial charge < -0.3 is 14.9 Å². The van der Waals surface area contributed by atoms with Crippen molar-refractivity contribution in [3.05, 3.63) is 23.8 Å². The minimum Gasteiger partial charge on any atom is -0.392 e. The van der Waals surface area contributed by atoms with Crippen LogP contribution >= 0.6 is 0 Å². The molecule has 0 aromatic carbocycles. The zero-order valence-electron chi connectivity index (χ0n) is 18.9. The first-order valence-electron chi connectivity index (χ1n) is 12.0. The highest BCUT2D eigenvalue weighted by Gasteiger charge is 2.44. The van der Waals surface area contributed by atoms with E-state index in [1.807, 2.05) is 19.9 Å². The fourth-order valence-corrected chi connectivity index (χ4v) is 5.37. The Kier molecular flexibility index (Phi) is 9.46. The Morgan fingerprint density at radius 2 is 2.03 bits per heavy atom. The molecule has 1 aliphatic heterocycles. The van der Waals surface area contributed by atoms with Crippen molar-refractivity contribution in [3.8, 4) is 11.8 Å². The molecule has 1 saturated heterocycles. The van der Waals surface area contributed by atoms with Gasteiger partial charge in [0.15, 0.2) is 0 Å². The topological polar surface area (TPSA) is 52.9 Å². The lowest BCUT2D eigenvalue weighted by Gasteiger charge is -2.26. The number of aliphatic hydroxyl groups is 2. The molecule has 0 bridgehead atoms. The van der Waals surface area contributed by atoms with Crippen LogP contribution in [0.15, 0.2) is 23.8 Å². The number of hydrogen-bond donors (Lipinski definition) is 2. The van der Waals surface area contributed by atoms with Crippen LogP contribution in [0.25, 0.3) is 0 Å². The molecule has 2 aliphatic carbocycles. The second-order valence-corrected chi connectivity index (χ2v) is 9.51. The maximum Gasteiger partial charge on any atom is 0.0755 e. The van der Waals surface area contributed by atoms with Gasteiger partial charge in [0, 0.05) is 25.4 Å². The molecule has 0 radical (unpaired) electrons. The van der Waals surface area contributed by atoms with Gasteiger partial charge in [-0.1, -0.05) is 30.7 Å². The van der Waals surface area contributed by atoms with Crippen molar-refractivity contribution in [1.82, 2.24) is 4.90 Å². The van der Waals surface area contributed by atoms with Gasteiger partial charge in [0.05, 0.1) is 25.4 Å². The van der Waals surface area contributed by atoms with Crippen LogP contribution in [0.3, 0.4) is 0 Å². The van der Waals surface area contributed by atoms with Crippen molar-refractivity contribution in [2.75, 3.05) is 32.8 Å². The van der Waals surface area contributed by atoms with Crippen LogP contribution in [0.4, 0.5) is 0 Å². The molecule has 0 spiro atoms. The molecule has 168 valence electrons. The van der Waals surface area contributed by atoms with Gasteiger partial charge in [-0.25, -0.2) is 0 Å². The first-order chi connectivity index (χ1) is 14.6. The van der Waals surface area contributed by atoms with Crippen molar-refractivity contribution < 1.29 is 14.9 Å². The summed E-state index contributed by atoms with van der Waals surface area (Å²) in [7, 11) is 0. The van der Waals surface area contributed by atoms with Gasteiger partial charge in [-0.2, -0.15) is 0 Å². The number of rotatable bonds is 9. The molecule has 2 saturated carbocycles. The summed E-state index contributed by atoms with van der Waals surface area (Å²) in [6.45, 7) is 9.00. The Labute approximate surface area is 183 Å². The van der Waals surface area contributed by atoms with Crippen molar-refractivity contribution >= 4 is 0 Å². The average Bonchev–Trinajstić information content (AvgIpc) is 3.27. The minimum absolute atomic E-state index is 0.125. The number of hydrogen-bond acceptors (Lipinski definition) is 4. The molecule has 1 heterocycles. The number of fused-ring (bicyclic) bond motifs is 1. The summed E-state index contributed by atoms with van der Waals surface area (Å²) in [4.78, 5) is 2.51. The number of allylic oxidation sites excluding steroid dienone is 2. The number of nitrogens with zero attached hydrogens (tertiary/aromatic N) is 1. The molecule has 3 rings (SSSR count). The molecular weight excluding hydrogens is 374 g/mol. The Morgan fingerprint density at radius 3 is 2.80 bits per heavy atom. The third-order valence-corrected chi connectivity index (χ3v) is 7.29. The fraction of sp³-hybridized carbons (Fsp3) is 0.769. The highest BCUT2D eigenvalue weighted by molar-refractivity contribution is 5.18. The second kappa shape index (κ2) is 12.1. The predicted molar refractivity (Wildman–Crippen MR) is 122 cm³/mol. The summed E-state index contributed by atoms with van der Waals surface area (Å²) >= 11 is 0. The van der Waals surface area contributed by atoms with Crippen LogP contribution in [0.5, 0.6) is 0 Å². The molecule has 2 N–H and O–H groups in total. The Hall–Kier alpha value is -1.12. The number of ether oxygens (including phenoxy) is 1. The summed E-state index contributed by atoms with van der Waals surface area (Å²) in [5, 5.41) is 20.9. The molecule has 6 atom stereocenters. The molecule has 4 nitrogen and oxygen atoms in total. The van der Waals surface area contributed by atoms with Gasteiger partial charge in [0.1, 0.15) is 0 Å². The monoisotopic (exact) mass is 415 g/mol. The third-order valence-electron chi connectivity index (χ3n) is 7.29. The van der Waals surface area contributed by atoms with E-state index in [1.165, 1.54) is 25.8 Å². The summed E-state index contributed by atoms with van der Waals surface area (Å²) in [6, 6.07) is 0. The summed E-state index contributed by atoms with van der Waals surface area (Å²) in [5.41, 5.74) is 1.59.